The van der Waals surface area contributed by atoms with E-state index in [-0.39, 0.29) is 12.0 Å². The Morgan fingerprint density at radius 1 is 1.06 bits per heavy atom. The number of fused-ring (bicyclic) bond motifs is 4. The Labute approximate surface area is 200 Å². The number of para-hydroxylation sites is 1. The average Bonchev–Trinajstić information content (AvgIpc) is 3.25. The van der Waals surface area contributed by atoms with Crippen molar-refractivity contribution >= 4 is 12.2 Å². The number of benzene rings is 2. The van der Waals surface area contributed by atoms with Gasteiger partial charge in [0, 0.05) is 31.5 Å². The third-order valence-corrected chi connectivity index (χ3v) is 6.87. The zero-order valence-electron chi connectivity index (χ0n) is 20.1. The van der Waals surface area contributed by atoms with Crippen LogP contribution in [-0.4, -0.2) is 40.9 Å². The van der Waals surface area contributed by atoms with Crippen molar-refractivity contribution in [2.75, 3.05) is 13.1 Å². The largest absolute Gasteiger partial charge is 0.491 e. The summed E-state index contributed by atoms with van der Waals surface area (Å²) in [7, 11) is 0. The minimum absolute atomic E-state index is 0.0186. The number of likely N-dealkylation sites (tertiary alicyclic amines) is 1. The predicted octanol–water partition coefficient (Wildman–Crippen LogP) is 5.22. The van der Waals surface area contributed by atoms with Gasteiger partial charge in [0.2, 0.25) is 0 Å². The lowest BCUT2D eigenvalue weighted by atomic mass is 9.86. The number of hydrogen-bond donors (Lipinski definition) is 0. The van der Waals surface area contributed by atoms with Crippen molar-refractivity contribution in [3.63, 3.8) is 0 Å². The van der Waals surface area contributed by atoms with Gasteiger partial charge in [0.15, 0.2) is 11.9 Å². The molecule has 6 nitrogen and oxygen atoms in total. The molecule has 2 aliphatic heterocycles. The summed E-state index contributed by atoms with van der Waals surface area (Å²) in [5, 5.41) is 0. The minimum Gasteiger partial charge on any atom is -0.491 e. The highest BCUT2D eigenvalue weighted by atomic mass is 16.5. The number of carbonyl (C=O) groups is 2. The maximum atomic E-state index is 13.3. The Bertz CT molecular complexity index is 1270. The summed E-state index contributed by atoms with van der Waals surface area (Å²) in [5.41, 5.74) is 4.63. The number of hydrogen-bond acceptors (Lipinski definition) is 4. The average molecular weight is 459 g/mol. The van der Waals surface area contributed by atoms with Gasteiger partial charge in [-0.3, -0.25) is 9.59 Å². The summed E-state index contributed by atoms with van der Waals surface area (Å²) in [6.07, 6.45) is 2.29. The Kier molecular flexibility index (Phi) is 5.47. The van der Waals surface area contributed by atoms with Gasteiger partial charge in [-0.2, -0.15) is 0 Å². The number of ether oxygens (including phenoxy) is 2. The molecule has 2 aromatic carbocycles. The van der Waals surface area contributed by atoms with Crippen LogP contribution in [-0.2, 0) is 5.60 Å². The Morgan fingerprint density at radius 2 is 1.82 bits per heavy atom. The molecule has 6 heteroatoms. The van der Waals surface area contributed by atoms with Crippen molar-refractivity contribution < 1.29 is 19.1 Å². The lowest BCUT2D eigenvalue weighted by Crippen LogP contribution is -2.50. The van der Waals surface area contributed by atoms with Crippen LogP contribution >= 0.6 is 0 Å². The van der Waals surface area contributed by atoms with E-state index in [1.165, 1.54) is 0 Å². The molecule has 0 unspecified atom stereocenters. The third-order valence-electron chi connectivity index (χ3n) is 6.87. The van der Waals surface area contributed by atoms with Crippen LogP contribution in [0.25, 0.3) is 5.69 Å². The van der Waals surface area contributed by atoms with E-state index in [9.17, 15) is 9.59 Å². The molecule has 1 saturated heterocycles. The number of nitrogens with zero attached hydrogens (tertiary/aromatic N) is 2. The smallest absolute Gasteiger partial charge is 0.253 e. The number of rotatable bonds is 4. The predicted molar refractivity (Wildman–Crippen MR) is 130 cm³/mol. The number of piperidine rings is 1. The lowest BCUT2D eigenvalue weighted by molar-refractivity contribution is -0.00946. The molecule has 3 heterocycles. The van der Waals surface area contributed by atoms with Crippen molar-refractivity contribution in [2.45, 2.75) is 52.2 Å². The van der Waals surface area contributed by atoms with E-state index < -0.39 is 5.60 Å². The van der Waals surface area contributed by atoms with Gasteiger partial charge in [-0.05, 0) is 75.2 Å². The first kappa shape index (κ1) is 22.3. The molecular weight excluding hydrogens is 428 g/mol. The topological polar surface area (TPSA) is 60.8 Å². The number of aromatic nitrogens is 1. The second-order valence-corrected chi connectivity index (χ2v) is 9.55. The van der Waals surface area contributed by atoms with Gasteiger partial charge in [-0.25, -0.2) is 0 Å². The first-order valence-corrected chi connectivity index (χ1v) is 11.9. The Morgan fingerprint density at radius 3 is 2.50 bits per heavy atom. The first-order chi connectivity index (χ1) is 16.3. The normalized spacial score (nSPS) is 16.1. The molecule has 1 fully saturated rings. The summed E-state index contributed by atoms with van der Waals surface area (Å²) in [6, 6.07) is 15.4. The molecule has 0 N–H and O–H groups in total. The zero-order valence-corrected chi connectivity index (χ0v) is 20.1. The summed E-state index contributed by atoms with van der Waals surface area (Å²) >= 11 is 0. The van der Waals surface area contributed by atoms with Crippen LogP contribution in [0.2, 0.25) is 0 Å². The SMILES string of the molecule is Cc1cc(C(=O)N2CCC3(CC2)Oc2cccc(C)c2-n2c(C=O)ccc23)ccc1OC(C)C. The van der Waals surface area contributed by atoms with E-state index in [0.29, 0.717) is 37.2 Å². The van der Waals surface area contributed by atoms with E-state index in [0.717, 1.165) is 40.3 Å². The van der Waals surface area contributed by atoms with Gasteiger partial charge in [0.05, 0.1) is 23.2 Å². The molecule has 5 rings (SSSR count). The number of amides is 1. The fourth-order valence-electron chi connectivity index (χ4n) is 5.19. The maximum absolute atomic E-state index is 13.3. The minimum atomic E-state index is -0.566. The molecule has 1 spiro atoms. The van der Waals surface area contributed by atoms with Gasteiger partial charge in [-0.1, -0.05) is 12.1 Å². The molecule has 0 aliphatic carbocycles. The molecule has 1 amide bonds. The van der Waals surface area contributed by atoms with Crippen LogP contribution in [0.15, 0.2) is 48.5 Å². The van der Waals surface area contributed by atoms with Gasteiger partial charge < -0.3 is 18.9 Å². The van der Waals surface area contributed by atoms with E-state index in [4.69, 9.17) is 9.47 Å². The van der Waals surface area contributed by atoms with Gasteiger partial charge in [0.25, 0.3) is 5.91 Å². The van der Waals surface area contributed by atoms with Crippen LogP contribution in [0.3, 0.4) is 0 Å². The summed E-state index contributed by atoms with van der Waals surface area (Å²) < 4.78 is 14.5. The lowest BCUT2D eigenvalue weighted by Gasteiger charge is -2.45. The van der Waals surface area contributed by atoms with E-state index in [2.05, 4.69) is 0 Å². The van der Waals surface area contributed by atoms with Crippen molar-refractivity contribution in [3.05, 3.63) is 76.6 Å². The fourth-order valence-corrected chi connectivity index (χ4v) is 5.19. The second kappa shape index (κ2) is 8.35. The molecular formula is C28H30N2O4. The summed E-state index contributed by atoms with van der Waals surface area (Å²) in [6.45, 7) is 9.12. The molecule has 3 aromatic rings. The van der Waals surface area contributed by atoms with Gasteiger partial charge in [-0.15, -0.1) is 0 Å². The zero-order chi connectivity index (χ0) is 24.0. The molecule has 0 radical (unpaired) electrons. The van der Waals surface area contributed by atoms with E-state index in [1.54, 1.807) is 0 Å². The van der Waals surface area contributed by atoms with Gasteiger partial charge >= 0.3 is 0 Å². The second-order valence-electron chi connectivity index (χ2n) is 9.55. The molecule has 0 atom stereocenters. The molecule has 0 saturated carbocycles. The van der Waals surface area contributed by atoms with Crippen molar-refractivity contribution in [3.8, 4) is 17.2 Å². The summed E-state index contributed by atoms with van der Waals surface area (Å²) in [4.78, 5) is 27.0. The van der Waals surface area contributed by atoms with Crippen LogP contribution in [0, 0.1) is 13.8 Å². The van der Waals surface area contributed by atoms with E-state index >= 15 is 0 Å². The standard InChI is InChI=1S/C28H30N2O4/c1-18(2)33-23-10-8-21(16-20(23)4)27(32)29-14-12-28(13-15-29)25-11-9-22(17-31)30(25)26-19(3)6-5-7-24(26)34-28/h5-11,16-18H,12-15H2,1-4H3. The van der Waals surface area contributed by atoms with Crippen LogP contribution in [0.5, 0.6) is 11.5 Å². The molecule has 176 valence electrons. The fraction of sp³-hybridized carbons (Fsp3) is 0.357. The highest BCUT2D eigenvalue weighted by Gasteiger charge is 2.45. The van der Waals surface area contributed by atoms with Crippen LogP contribution in [0.1, 0.15) is 64.4 Å². The van der Waals surface area contributed by atoms with Crippen LogP contribution in [0.4, 0.5) is 0 Å². The summed E-state index contributed by atoms with van der Waals surface area (Å²) in [5.74, 6) is 1.61. The third kappa shape index (κ3) is 3.58. The Hall–Kier alpha value is -3.54. The molecule has 2 aliphatic rings. The molecule has 0 bridgehead atoms. The van der Waals surface area contributed by atoms with Crippen molar-refractivity contribution in [1.82, 2.24) is 9.47 Å². The van der Waals surface area contributed by atoms with Gasteiger partial charge in [0.1, 0.15) is 11.5 Å². The van der Waals surface area contributed by atoms with Crippen LogP contribution < -0.4 is 9.47 Å². The first-order valence-electron chi connectivity index (χ1n) is 11.9. The van der Waals surface area contributed by atoms with Crippen molar-refractivity contribution in [2.24, 2.45) is 0 Å². The number of aryl methyl sites for hydroxylation is 2. The monoisotopic (exact) mass is 458 g/mol. The number of carbonyl (C=O) groups excluding carboxylic acids is 2. The highest BCUT2D eigenvalue weighted by Crippen LogP contribution is 2.46. The maximum Gasteiger partial charge on any atom is 0.253 e. The van der Waals surface area contributed by atoms with E-state index in [1.807, 2.05) is 85.7 Å². The molecule has 34 heavy (non-hydrogen) atoms. The number of aldehydes is 1. The Balaban J connectivity index is 1.40. The quantitative estimate of drug-likeness (QED) is 0.503. The van der Waals surface area contributed by atoms with Crippen molar-refractivity contribution in [1.29, 1.82) is 0 Å². The highest BCUT2D eigenvalue weighted by molar-refractivity contribution is 5.94. The molecule has 1 aromatic heterocycles.